The Kier molecular flexibility index (Phi) is 13.7. The van der Waals surface area contributed by atoms with Gasteiger partial charge in [0.15, 0.2) is 7.28 Å². The van der Waals surface area contributed by atoms with Crippen molar-refractivity contribution in [3.05, 3.63) is 298 Å². The van der Waals surface area contributed by atoms with E-state index < -0.39 is 0 Å². The Morgan fingerprint density at radius 1 is 0.632 bits per heavy atom. The highest BCUT2D eigenvalue weighted by molar-refractivity contribution is 8.07. The van der Waals surface area contributed by atoms with Crippen molar-refractivity contribution in [2.45, 2.75) is 98.7 Å². The van der Waals surface area contributed by atoms with Gasteiger partial charge in [0.25, 0.3) is 0 Å². The van der Waals surface area contributed by atoms with Crippen molar-refractivity contribution in [3.8, 4) is 11.1 Å². The summed E-state index contributed by atoms with van der Waals surface area (Å²) in [5, 5.41) is 2.72. The molecule has 6 aliphatic carbocycles. The van der Waals surface area contributed by atoms with Gasteiger partial charge in [-0.05, 0) is 157 Å². The van der Waals surface area contributed by atoms with E-state index in [1.165, 1.54) is 88.6 Å². The number of fused-ring (bicyclic) bond motifs is 9. The zero-order valence-electron chi connectivity index (χ0n) is 48.9. The predicted molar refractivity (Wildman–Crippen MR) is 371 cm³/mol. The van der Waals surface area contributed by atoms with Crippen LogP contribution in [0.4, 0.5) is 28.4 Å². The molecular weight excluding hydrogens is 1090 g/mol. The van der Waals surface area contributed by atoms with Crippen LogP contribution in [-0.2, 0) is 0 Å². The topological polar surface area (TPSA) is 26.1 Å². The molecule has 1 aromatic heterocycles. The predicted octanol–water partition coefficient (Wildman–Crippen LogP) is 19.2. The summed E-state index contributed by atoms with van der Waals surface area (Å²) in [6.45, 7) is 0.0600. The third kappa shape index (κ3) is 9.41. The molecule has 0 amide bonds. The Hall–Kier alpha value is -8.23. The molecule has 423 valence electrons. The van der Waals surface area contributed by atoms with Crippen LogP contribution >= 0.6 is 23.5 Å². The van der Waals surface area contributed by atoms with Crippen LogP contribution in [0.25, 0.3) is 33.1 Å². The van der Waals surface area contributed by atoms with Gasteiger partial charge in [-0.25, -0.2) is 0 Å². The molecule has 9 aliphatic rings. The van der Waals surface area contributed by atoms with E-state index in [1.807, 2.05) is 11.8 Å². The van der Waals surface area contributed by atoms with E-state index >= 15 is 0 Å². The number of para-hydroxylation sites is 5. The molecule has 9 heteroatoms. The Morgan fingerprint density at radius 2 is 1.37 bits per heavy atom. The van der Waals surface area contributed by atoms with Crippen molar-refractivity contribution in [1.29, 1.82) is 0 Å². The summed E-state index contributed by atoms with van der Waals surface area (Å²) in [7, 11) is 2.72. The first-order valence-corrected chi connectivity index (χ1v) is 33.5. The first-order valence-electron chi connectivity index (χ1n) is 31.7. The van der Waals surface area contributed by atoms with Gasteiger partial charge < -0.3 is 24.0 Å². The van der Waals surface area contributed by atoms with Crippen LogP contribution in [0.5, 0.6) is 0 Å². The zero-order chi connectivity index (χ0) is 57.4. The van der Waals surface area contributed by atoms with Gasteiger partial charge in [0, 0.05) is 108 Å². The summed E-state index contributed by atoms with van der Waals surface area (Å²) >= 11 is 4.19. The van der Waals surface area contributed by atoms with E-state index in [1.54, 1.807) is 5.47 Å². The molecule has 0 bridgehead atoms. The standard InChI is InChI=1S/C78H67B2N4OS2/c1-8-26-52(27-9-1)62-48-63-61-40-22-25-43-72(61)85-73(63)50-68(62)84-69-51-74-64(79-77-75(86-60-38-20-7-21-39-60)46-59(47-76(77)87-74)82(55-32-14-4-15-33-55)56-34-16-5-17-35-56)49-66(69)80-65-41-23-24-42-67(65)83(57-36-18-6-19-37-57)70-44-58(45-71(84)78(70)80)81(53-28-10-2-11-29-53)54-30-12-3-13-31-54/h1-10,12,14-20,22-28,32-38,40-43,46,48-51,54,58,64,70,74,76H,11,13,21,29-31,39,44-45,47H2. The normalized spacial score (nSPS) is 23.5. The monoisotopic (exact) mass is 1160 g/mol. The van der Waals surface area contributed by atoms with Crippen LogP contribution in [-0.4, -0.2) is 47.5 Å². The van der Waals surface area contributed by atoms with Crippen molar-refractivity contribution >= 4 is 93.4 Å². The van der Waals surface area contributed by atoms with Crippen molar-refractivity contribution in [2.24, 2.45) is 0 Å². The fourth-order valence-electron chi connectivity index (χ4n) is 16.0. The molecule has 6 atom stereocenters. The summed E-state index contributed by atoms with van der Waals surface area (Å²) in [6.07, 6.45) is 37.5. The molecule has 8 aromatic rings. The third-order valence-corrected chi connectivity index (χ3v) is 22.4. The van der Waals surface area contributed by atoms with Gasteiger partial charge in [0.05, 0.1) is 11.7 Å². The SMILES string of the molecule is [B]1C2=C(SC3=CC=CCC3)C=C(N(c3ccccc3)c3ccccc3)CC2SC2C=C3C(=CC12)B1C2=C(CC(N(C4=CC=CCC4)C4CC=CCC4)CC2N(c2ccccc2)c2ccccc21)N3c1cc2oc3ccccc3c2cc1-c1ccccc1. The maximum Gasteiger partial charge on any atom is 0.246 e. The lowest BCUT2D eigenvalue weighted by Crippen LogP contribution is -2.62. The molecule has 7 aromatic carbocycles. The third-order valence-electron chi connectivity index (χ3n) is 19.7. The van der Waals surface area contributed by atoms with Gasteiger partial charge in [-0.2, -0.15) is 0 Å². The first kappa shape index (κ1) is 53.0. The number of allylic oxidation sites excluding steroid dienone is 13. The molecule has 0 N–H and O–H groups in total. The molecule has 87 heavy (non-hydrogen) atoms. The summed E-state index contributed by atoms with van der Waals surface area (Å²) in [5.74, 6) is 0.177. The van der Waals surface area contributed by atoms with Gasteiger partial charge in [-0.15, -0.1) is 11.8 Å². The lowest BCUT2D eigenvalue weighted by molar-refractivity contribution is 0.148. The van der Waals surface area contributed by atoms with E-state index in [-0.39, 0.29) is 35.1 Å². The van der Waals surface area contributed by atoms with Gasteiger partial charge in [0.1, 0.15) is 11.2 Å². The van der Waals surface area contributed by atoms with Crippen LogP contribution in [0.3, 0.4) is 0 Å². The molecular formula is C78H67B2N4OS2. The van der Waals surface area contributed by atoms with E-state index in [4.69, 9.17) is 4.42 Å². The molecule has 1 saturated heterocycles. The molecule has 5 nitrogen and oxygen atoms in total. The smallest absolute Gasteiger partial charge is 0.246 e. The highest BCUT2D eigenvalue weighted by Gasteiger charge is 2.54. The Balaban J connectivity index is 0.901. The molecule has 4 heterocycles. The van der Waals surface area contributed by atoms with Gasteiger partial charge >= 0.3 is 0 Å². The Labute approximate surface area is 521 Å². The summed E-state index contributed by atoms with van der Waals surface area (Å²) in [5.41, 5.74) is 21.8. The van der Waals surface area contributed by atoms with Crippen molar-refractivity contribution in [1.82, 2.24) is 4.90 Å². The molecule has 0 spiro atoms. The number of hydrogen-bond acceptors (Lipinski definition) is 7. The van der Waals surface area contributed by atoms with E-state index in [2.05, 4.69) is 287 Å². The average molecular weight is 1160 g/mol. The minimum atomic E-state index is 0.0600. The summed E-state index contributed by atoms with van der Waals surface area (Å²) in [4.78, 5) is 13.9. The Morgan fingerprint density at radius 3 is 2.13 bits per heavy atom. The number of benzene rings is 7. The molecule has 6 unspecified atom stereocenters. The minimum absolute atomic E-state index is 0.0600. The molecule has 3 aliphatic heterocycles. The van der Waals surface area contributed by atoms with Crippen molar-refractivity contribution in [2.75, 3.05) is 14.7 Å². The lowest BCUT2D eigenvalue weighted by atomic mass is 9.29. The van der Waals surface area contributed by atoms with E-state index in [9.17, 15) is 0 Å². The zero-order valence-corrected chi connectivity index (χ0v) is 50.5. The highest BCUT2D eigenvalue weighted by Crippen LogP contribution is 2.58. The maximum atomic E-state index is 7.02. The fourth-order valence-corrected chi connectivity index (χ4v) is 18.8. The largest absolute Gasteiger partial charge is 0.456 e. The second-order valence-electron chi connectivity index (χ2n) is 24.7. The van der Waals surface area contributed by atoms with Gasteiger partial charge in [-0.1, -0.05) is 187 Å². The molecule has 0 saturated carbocycles. The van der Waals surface area contributed by atoms with E-state index in [0.29, 0.717) is 6.04 Å². The van der Waals surface area contributed by atoms with Crippen molar-refractivity contribution in [3.63, 3.8) is 0 Å². The first-order chi connectivity index (χ1) is 43.1. The number of thioether (sulfide) groups is 2. The average Bonchev–Trinajstić information content (AvgIpc) is 0.756. The second kappa shape index (κ2) is 22.5. The molecule has 1 fully saturated rings. The molecule has 1 radical (unpaired) electrons. The number of furan rings is 1. The van der Waals surface area contributed by atoms with Crippen LogP contribution in [0.15, 0.2) is 302 Å². The van der Waals surface area contributed by atoms with Gasteiger partial charge in [0.2, 0.25) is 6.71 Å². The lowest BCUT2D eigenvalue weighted by Gasteiger charge is -2.57. The number of nitrogens with zero attached hydrogens (tertiary/aromatic N) is 4. The van der Waals surface area contributed by atoms with Crippen LogP contribution in [0, 0.1) is 0 Å². The number of rotatable bonds is 11. The summed E-state index contributed by atoms with van der Waals surface area (Å²) < 4.78 is 7.02. The summed E-state index contributed by atoms with van der Waals surface area (Å²) in [6, 6.07) is 68.4. The van der Waals surface area contributed by atoms with Crippen LogP contribution in [0.2, 0.25) is 5.82 Å². The van der Waals surface area contributed by atoms with Crippen LogP contribution < -0.4 is 20.2 Å². The minimum Gasteiger partial charge on any atom is -0.456 e. The number of hydrogen-bond donors (Lipinski definition) is 0. The highest BCUT2D eigenvalue weighted by atomic mass is 32.2. The quantitative estimate of drug-likeness (QED) is 0.0940. The molecule has 17 rings (SSSR count). The number of anilines is 5. The maximum absolute atomic E-state index is 7.02. The van der Waals surface area contributed by atoms with Crippen LogP contribution in [0.1, 0.15) is 64.2 Å². The second-order valence-corrected chi connectivity index (χ2v) is 27.3. The Bertz CT molecular complexity index is 4310. The van der Waals surface area contributed by atoms with Gasteiger partial charge in [-0.3, -0.25) is 0 Å². The van der Waals surface area contributed by atoms with E-state index in [0.717, 1.165) is 86.1 Å². The fraction of sp³-hybridized carbons (Fsp3) is 0.205. The van der Waals surface area contributed by atoms with Crippen molar-refractivity contribution < 1.29 is 4.42 Å².